The minimum Gasteiger partial charge on any atom is -0.307 e. The molecule has 3 rings (SSSR count). The van der Waals surface area contributed by atoms with Crippen LogP contribution in [0.3, 0.4) is 0 Å². The Morgan fingerprint density at radius 1 is 1.33 bits per heavy atom. The number of nitrogens with one attached hydrogen (secondary N) is 1. The first-order chi connectivity index (χ1) is 8.74. The number of benzene rings is 1. The van der Waals surface area contributed by atoms with E-state index < -0.39 is 0 Å². The van der Waals surface area contributed by atoms with Gasteiger partial charge in [0.25, 0.3) is 0 Å². The molecule has 1 aromatic carbocycles. The third kappa shape index (κ3) is 2.26. The Morgan fingerprint density at radius 3 is 2.94 bits per heavy atom. The van der Waals surface area contributed by atoms with Crippen molar-refractivity contribution in [2.75, 3.05) is 0 Å². The Kier molecular flexibility index (Phi) is 2.83. The highest BCUT2D eigenvalue weighted by Gasteiger charge is 2.21. The second-order valence-electron chi connectivity index (χ2n) is 4.95. The van der Waals surface area contributed by atoms with E-state index in [4.69, 9.17) is 0 Å². The van der Waals surface area contributed by atoms with Crippen LogP contribution in [0.1, 0.15) is 29.8 Å². The predicted molar refractivity (Wildman–Crippen MR) is 68.5 cm³/mol. The van der Waals surface area contributed by atoms with Crippen LogP contribution in [0.5, 0.6) is 0 Å². The van der Waals surface area contributed by atoms with Gasteiger partial charge >= 0.3 is 0 Å². The van der Waals surface area contributed by atoms with E-state index in [2.05, 4.69) is 52.9 Å². The molecule has 0 bridgehead atoms. The van der Waals surface area contributed by atoms with Crippen molar-refractivity contribution in [1.82, 2.24) is 25.5 Å². The number of tetrazole rings is 1. The van der Waals surface area contributed by atoms with Gasteiger partial charge < -0.3 is 5.32 Å². The molecule has 1 aliphatic rings. The summed E-state index contributed by atoms with van der Waals surface area (Å²) in [5, 5.41) is 15.4. The highest BCUT2D eigenvalue weighted by molar-refractivity contribution is 5.42. The van der Waals surface area contributed by atoms with E-state index in [1.54, 1.807) is 0 Å². The summed E-state index contributed by atoms with van der Waals surface area (Å²) in [6.07, 6.45) is 2.54. The van der Waals surface area contributed by atoms with E-state index >= 15 is 0 Å². The fraction of sp³-hybridized carbons (Fsp3) is 0.462. The quantitative estimate of drug-likeness (QED) is 0.884. The standard InChI is InChI=1S/C13H17N5/c1-9-3-4-10(2)12(7-9)18-13(15-16-17-18)8-14-11-5-6-11/h3-4,7,11,14H,5-6,8H2,1-2H3. The zero-order chi connectivity index (χ0) is 12.5. The maximum Gasteiger partial charge on any atom is 0.170 e. The van der Waals surface area contributed by atoms with Crippen molar-refractivity contribution in [3.63, 3.8) is 0 Å². The SMILES string of the molecule is Cc1ccc(C)c(-n2nnnc2CNC2CC2)c1. The molecule has 1 fully saturated rings. The van der Waals surface area contributed by atoms with Gasteiger partial charge in [0.15, 0.2) is 5.82 Å². The molecule has 18 heavy (non-hydrogen) atoms. The highest BCUT2D eigenvalue weighted by Crippen LogP contribution is 2.20. The molecule has 0 spiro atoms. The van der Waals surface area contributed by atoms with Crippen molar-refractivity contribution >= 4 is 0 Å². The van der Waals surface area contributed by atoms with Crippen LogP contribution in [0, 0.1) is 13.8 Å². The highest BCUT2D eigenvalue weighted by atomic mass is 15.5. The molecule has 0 saturated heterocycles. The van der Waals surface area contributed by atoms with Gasteiger partial charge in [-0.2, -0.15) is 4.68 Å². The van der Waals surface area contributed by atoms with Crippen molar-refractivity contribution in [2.24, 2.45) is 0 Å². The summed E-state index contributed by atoms with van der Waals surface area (Å²) in [6, 6.07) is 6.98. The molecule has 0 atom stereocenters. The summed E-state index contributed by atoms with van der Waals surface area (Å²) in [4.78, 5) is 0. The molecule has 1 N–H and O–H groups in total. The van der Waals surface area contributed by atoms with E-state index in [0.717, 1.165) is 18.1 Å². The number of aryl methyl sites for hydroxylation is 2. The lowest BCUT2D eigenvalue weighted by Gasteiger charge is -2.09. The van der Waals surface area contributed by atoms with E-state index in [9.17, 15) is 0 Å². The number of nitrogens with zero attached hydrogens (tertiary/aromatic N) is 4. The maximum absolute atomic E-state index is 4.10. The molecule has 94 valence electrons. The van der Waals surface area contributed by atoms with Crippen LogP contribution in [0.4, 0.5) is 0 Å². The minimum absolute atomic E-state index is 0.661. The van der Waals surface area contributed by atoms with Crippen molar-refractivity contribution in [2.45, 2.75) is 39.3 Å². The van der Waals surface area contributed by atoms with E-state index in [1.807, 2.05) is 4.68 Å². The lowest BCUT2D eigenvalue weighted by Crippen LogP contribution is -2.19. The van der Waals surface area contributed by atoms with Gasteiger partial charge in [-0.3, -0.25) is 0 Å². The molecule has 5 heteroatoms. The first kappa shape index (κ1) is 11.3. The smallest absolute Gasteiger partial charge is 0.170 e. The second kappa shape index (κ2) is 4.49. The normalized spacial score (nSPS) is 15.0. The van der Waals surface area contributed by atoms with Crippen LogP contribution in [0.15, 0.2) is 18.2 Å². The number of rotatable bonds is 4. The maximum atomic E-state index is 4.10. The largest absolute Gasteiger partial charge is 0.307 e. The molecule has 1 aromatic heterocycles. The molecule has 0 amide bonds. The summed E-state index contributed by atoms with van der Waals surface area (Å²) >= 11 is 0. The van der Waals surface area contributed by atoms with E-state index in [0.29, 0.717) is 6.04 Å². The summed E-state index contributed by atoms with van der Waals surface area (Å²) in [6.45, 7) is 4.88. The third-order valence-corrected chi connectivity index (χ3v) is 3.25. The molecule has 0 unspecified atom stereocenters. The minimum atomic E-state index is 0.661. The van der Waals surface area contributed by atoms with Crippen molar-refractivity contribution in [3.8, 4) is 5.69 Å². The first-order valence-electron chi connectivity index (χ1n) is 6.32. The van der Waals surface area contributed by atoms with Crippen LogP contribution < -0.4 is 5.32 Å². The number of hydrogen-bond acceptors (Lipinski definition) is 4. The van der Waals surface area contributed by atoms with Gasteiger partial charge in [-0.1, -0.05) is 12.1 Å². The fourth-order valence-electron chi connectivity index (χ4n) is 1.97. The molecule has 1 heterocycles. The number of aromatic nitrogens is 4. The molecular formula is C13H17N5. The van der Waals surface area contributed by atoms with Gasteiger partial charge in [-0.25, -0.2) is 0 Å². The molecule has 5 nitrogen and oxygen atoms in total. The first-order valence-corrected chi connectivity index (χ1v) is 6.32. The molecule has 1 saturated carbocycles. The van der Waals surface area contributed by atoms with Crippen molar-refractivity contribution in [3.05, 3.63) is 35.2 Å². The van der Waals surface area contributed by atoms with Crippen LogP contribution in [0.2, 0.25) is 0 Å². The molecule has 0 aliphatic heterocycles. The van der Waals surface area contributed by atoms with Crippen LogP contribution in [0.25, 0.3) is 5.69 Å². The average molecular weight is 243 g/mol. The Labute approximate surface area is 106 Å². The summed E-state index contributed by atoms with van der Waals surface area (Å²) in [5.41, 5.74) is 3.46. The van der Waals surface area contributed by atoms with Crippen LogP contribution in [-0.2, 0) is 6.54 Å². The topological polar surface area (TPSA) is 55.6 Å². The zero-order valence-corrected chi connectivity index (χ0v) is 10.7. The van der Waals surface area contributed by atoms with Gasteiger partial charge in [-0.15, -0.1) is 5.10 Å². The fourth-order valence-corrected chi connectivity index (χ4v) is 1.97. The van der Waals surface area contributed by atoms with Crippen LogP contribution in [-0.4, -0.2) is 26.2 Å². The molecule has 2 aromatic rings. The third-order valence-electron chi connectivity index (χ3n) is 3.25. The predicted octanol–water partition coefficient (Wildman–Crippen LogP) is 1.53. The molecule has 1 aliphatic carbocycles. The Morgan fingerprint density at radius 2 is 2.17 bits per heavy atom. The Bertz CT molecular complexity index is 556. The van der Waals surface area contributed by atoms with Crippen molar-refractivity contribution in [1.29, 1.82) is 0 Å². The zero-order valence-electron chi connectivity index (χ0n) is 10.7. The molecule has 0 radical (unpaired) electrons. The van der Waals surface area contributed by atoms with Gasteiger partial charge in [0, 0.05) is 6.04 Å². The Hall–Kier alpha value is -1.75. The molecular weight excluding hydrogens is 226 g/mol. The summed E-state index contributed by atoms with van der Waals surface area (Å²) in [7, 11) is 0. The van der Waals surface area contributed by atoms with E-state index in [-0.39, 0.29) is 0 Å². The van der Waals surface area contributed by atoms with Crippen LogP contribution >= 0.6 is 0 Å². The van der Waals surface area contributed by atoms with E-state index in [1.165, 1.54) is 24.0 Å². The average Bonchev–Trinajstić information content (AvgIpc) is 3.08. The monoisotopic (exact) mass is 243 g/mol. The van der Waals surface area contributed by atoms with Gasteiger partial charge in [0.2, 0.25) is 0 Å². The number of hydrogen-bond donors (Lipinski definition) is 1. The second-order valence-corrected chi connectivity index (χ2v) is 4.95. The lowest BCUT2D eigenvalue weighted by atomic mass is 10.1. The lowest BCUT2D eigenvalue weighted by molar-refractivity contribution is 0.637. The van der Waals surface area contributed by atoms with Gasteiger partial charge in [0.05, 0.1) is 12.2 Å². The summed E-state index contributed by atoms with van der Waals surface area (Å²) < 4.78 is 1.83. The summed E-state index contributed by atoms with van der Waals surface area (Å²) in [5.74, 6) is 0.871. The van der Waals surface area contributed by atoms with Gasteiger partial charge in [-0.05, 0) is 54.3 Å². The Balaban J connectivity index is 1.90. The van der Waals surface area contributed by atoms with Crippen molar-refractivity contribution < 1.29 is 0 Å². The van der Waals surface area contributed by atoms with Gasteiger partial charge in [0.1, 0.15) is 0 Å².